The molecular formula is C14H20BrNO2. The molecule has 0 unspecified atom stereocenters. The van der Waals surface area contributed by atoms with Crippen molar-refractivity contribution in [2.24, 2.45) is 0 Å². The van der Waals surface area contributed by atoms with Crippen LogP contribution in [-0.2, 0) is 9.53 Å². The molecule has 1 aromatic rings. The molecule has 0 aromatic heterocycles. The highest BCUT2D eigenvalue weighted by Gasteiger charge is 2.08. The quantitative estimate of drug-likeness (QED) is 0.619. The van der Waals surface area contributed by atoms with Gasteiger partial charge in [-0.3, -0.25) is 4.79 Å². The van der Waals surface area contributed by atoms with Gasteiger partial charge < -0.3 is 10.1 Å². The smallest absolute Gasteiger partial charge is 0.319 e. The Bertz CT molecular complexity index is 382. The summed E-state index contributed by atoms with van der Waals surface area (Å²) in [5.74, 6) is -0.190. The van der Waals surface area contributed by atoms with Crippen LogP contribution in [0.1, 0.15) is 38.3 Å². The van der Waals surface area contributed by atoms with Crippen LogP contribution >= 0.6 is 15.9 Å². The van der Waals surface area contributed by atoms with Crippen molar-refractivity contribution in [2.75, 3.05) is 13.2 Å². The molecule has 0 amide bonds. The van der Waals surface area contributed by atoms with Gasteiger partial charge in [-0.2, -0.15) is 0 Å². The molecule has 0 radical (unpaired) electrons. The Morgan fingerprint density at radius 2 is 2.28 bits per heavy atom. The molecule has 0 bridgehead atoms. The minimum atomic E-state index is -0.190. The minimum absolute atomic E-state index is 0.126. The van der Waals surface area contributed by atoms with E-state index in [1.54, 1.807) is 0 Å². The number of carbonyl (C=O) groups is 1. The van der Waals surface area contributed by atoms with Crippen molar-refractivity contribution in [3.8, 4) is 0 Å². The maximum absolute atomic E-state index is 11.4. The highest BCUT2D eigenvalue weighted by molar-refractivity contribution is 9.10. The van der Waals surface area contributed by atoms with Gasteiger partial charge in [0.1, 0.15) is 0 Å². The lowest BCUT2D eigenvalue weighted by atomic mass is 10.1. The third kappa shape index (κ3) is 5.65. The van der Waals surface area contributed by atoms with Crippen molar-refractivity contribution in [1.29, 1.82) is 0 Å². The zero-order chi connectivity index (χ0) is 13.4. The van der Waals surface area contributed by atoms with Crippen molar-refractivity contribution < 1.29 is 9.53 Å². The van der Waals surface area contributed by atoms with Crippen LogP contribution in [0.25, 0.3) is 0 Å². The molecule has 1 N–H and O–H groups in total. The fraction of sp³-hybridized carbons (Fsp3) is 0.500. The van der Waals surface area contributed by atoms with Gasteiger partial charge in [0.2, 0.25) is 0 Å². The van der Waals surface area contributed by atoms with Crippen molar-refractivity contribution in [3.63, 3.8) is 0 Å². The van der Waals surface area contributed by atoms with Crippen molar-refractivity contribution in [3.05, 3.63) is 34.3 Å². The normalized spacial score (nSPS) is 12.2. The van der Waals surface area contributed by atoms with E-state index in [2.05, 4.69) is 28.2 Å². The fourth-order valence-electron chi connectivity index (χ4n) is 1.51. The second-order valence-electron chi connectivity index (χ2n) is 4.23. The molecule has 0 aliphatic carbocycles. The molecule has 0 aliphatic heterocycles. The molecular weight excluding hydrogens is 294 g/mol. The fourth-order valence-corrected chi connectivity index (χ4v) is 1.93. The highest BCUT2D eigenvalue weighted by Crippen LogP contribution is 2.17. The predicted octanol–water partition coefficient (Wildman–Crippen LogP) is 3.44. The van der Waals surface area contributed by atoms with Crippen LogP contribution in [0.4, 0.5) is 0 Å². The molecule has 4 heteroatoms. The lowest BCUT2D eigenvalue weighted by Gasteiger charge is -2.14. The maximum atomic E-state index is 11.4. The van der Waals surface area contributed by atoms with Crippen LogP contribution in [0, 0.1) is 0 Å². The Labute approximate surface area is 117 Å². The molecule has 1 atom stereocenters. The number of nitrogens with one attached hydrogen (secondary N) is 1. The van der Waals surface area contributed by atoms with Gasteiger partial charge >= 0.3 is 5.97 Å². The van der Waals surface area contributed by atoms with Crippen molar-refractivity contribution in [2.45, 2.75) is 32.7 Å². The number of esters is 1. The minimum Gasteiger partial charge on any atom is -0.465 e. The summed E-state index contributed by atoms with van der Waals surface area (Å²) < 4.78 is 6.12. The van der Waals surface area contributed by atoms with Crippen LogP contribution in [0.15, 0.2) is 28.7 Å². The summed E-state index contributed by atoms with van der Waals surface area (Å²) in [5, 5.41) is 3.16. The Morgan fingerprint density at radius 3 is 2.94 bits per heavy atom. The Kier molecular flexibility index (Phi) is 6.98. The highest BCUT2D eigenvalue weighted by atomic mass is 79.9. The first-order chi connectivity index (χ1) is 8.63. The van der Waals surface area contributed by atoms with Gasteiger partial charge in [0.25, 0.3) is 0 Å². The molecule has 100 valence electrons. The third-order valence-corrected chi connectivity index (χ3v) is 3.16. The molecule has 0 aliphatic rings. The van der Waals surface area contributed by atoms with E-state index in [4.69, 9.17) is 4.74 Å². The molecule has 0 heterocycles. The lowest BCUT2D eigenvalue weighted by molar-refractivity contribution is -0.142. The summed E-state index contributed by atoms with van der Waals surface area (Å²) in [6, 6.07) is 8.17. The number of carbonyl (C=O) groups excluding carboxylic acids is 1. The number of rotatable bonds is 7. The first-order valence-electron chi connectivity index (χ1n) is 6.28. The number of ether oxygens (including phenoxy) is 1. The van der Waals surface area contributed by atoms with Gasteiger partial charge in [-0.05, 0) is 31.0 Å². The molecule has 0 fully saturated rings. The number of benzene rings is 1. The summed E-state index contributed by atoms with van der Waals surface area (Å²) in [7, 11) is 0. The standard InChI is InChI=1S/C14H20BrNO2/c1-3-4-8-18-14(17)10-16-11(2)12-6-5-7-13(15)9-12/h5-7,9,11,16H,3-4,8,10H2,1-2H3/t11-/m0/s1. The summed E-state index contributed by atoms with van der Waals surface area (Å²) in [6.45, 7) is 4.86. The van der Waals surface area contributed by atoms with Crippen LogP contribution in [0.3, 0.4) is 0 Å². The molecule has 0 saturated heterocycles. The monoisotopic (exact) mass is 313 g/mol. The maximum Gasteiger partial charge on any atom is 0.319 e. The average molecular weight is 314 g/mol. The molecule has 0 spiro atoms. The summed E-state index contributed by atoms with van der Waals surface area (Å²) in [6.07, 6.45) is 1.96. The summed E-state index contributed by atoms with van der Waals surface area (Å²) in [5.41, 5.74) is 1.14. The van der Waals surface area contributed by atoms with E-state index in [1.165, 1.54) is 0 Å². The first-order valence-corrected chi connectivity index (χ1v) is 7.07. The van der Waals surface area contributed by atoms with Crippen LogP contribution in [-0.4, -0.2) is 19.1 Å². The largest absolute Gasteiger partial charge is 0.465 e. The van der Waals surface area contributed by atoms with Gasteiger partial charge in [-0.25, -0.2) is 0 Å². The Balaban J connectivity index is 2.32. The number of hydrogen-bond acceptors (Lipinski definition) is 3. The second-order valence-corrected chi connectivity index (χ2v) is 5.15. The zero-order valence-corrected chi connectivity index (χ0v) is 12.5. The topological polar surface area (TPSA) is 38.3 Å². The second kappa shape index (κ2) is 8.27. The van der Waals surface area contributed by atoms with E-state index in [0.717, 1.165) is 22.9 Å². The molecule has 0 saturated carbocycles. The average Bonchev–Trinajstić information content (AvgIpc) is 2.36. The van der Waals surface area contributed by atoms with Crippen molar-refractivity contribution >= 4 is 21.9 Å². The number of unbranched alkanes of at least 4 members (excludes halogenated alkanes) is 1. The van der Waals surface area contributed by atoms with Gasteiger partial charge in [0.15, 0.2) is 0 Å². The van der Waals surface area contributed by atoms with E-state index in [1.807, 2.05) is 31.2 Å². The van der Waals surface area contributed by atoms with Gasteiger partial charge in [0.05, 0.1) is 13.2 Å². The van der Waals surface area contributed by atoms with E-state index in [9.17, 15) is 4.79 Å². The van der Waals surface area contributed by atoms with Gasteiger partial charge in [0, 0.05) is 10.5 Å². The molecule has 18 heavy (non-hydrogen) atoms. The van der Waals surface area contributed by atoms with Gasteiger partial charge in [-0.1, -0.05) is 41.4 Å². The van der Waals surface area contributed by atoms with E-state index in [-0.39, 0.29) is 18.6 Å². The zero-order valence-electron chi connectivity index (χ0n) is 10.9. The Hall–Kier alpha value is -0.870. The summed E-state index contributed by atoms with van der Waals surface area (Å²) in [4.78, 5) is 11.4. The summed E-state index contributed by atoms with van der Waals surface area (Å²) >= 11 is 3.43. The van der Waals surface area contributed by atoms with E-state index >= 15 is 0 Å². The van der Waals surface area contributed by atoms with Crippen LogP contribution < -0.4 is 5.32 Å². The van der Waals surface area contributed by atoms with Gasteiger partial charge in [-0.15, -0.1) is 0 Å². The van der Waals surface area contributed by atoms with E-state index < -0.39 is 0 Å². The van der Waals surface area contributed by atoms with E-state index in [0.29, 0.717) is 6.61 Å². The first kappa shape index (κ1) is 15.2. The SMILES string of the molecule is CCCCOC(=O)CN[C@@H](C)c1cccc(Br)c1. The number of halogens is 1. The predicted molar refractivity (Wildman–Crippen MR) is 76.4 cm³/mol. The van der Waals surface area contributed by atoms with Crippen molar-refractivity contribution in [1.82, 2.24) is 5.32 Å². The lowest BCUT2D eigenvalue weighted by Crippen LogP contribution is -2.27. The van der Waals surface area contributed by atoms with Crippen LogP contribution in [0.5, 0.6) is 0 Å². The third-order valence-electron chi connectivity index (χ3n) is 2.66. The molecule has 1 aromatic carbocycles. The molecule has 3 nitrogen and oxygen atoms in total. The Morgan fingerprint density at radius 1 is 1.50 bits per heavy atom. The van der Waals surface area contributed by atoms with Crippen LogP contribution in [0.2, 0.25) is 0 Å². The molecule has 1 rings (SSSR count). The number of hydrogen-bond donors (Lipinski definition) is 1.